The fraction of sp³-hybridized carbons (Fsp3) is 0.667. The molecule has 0 aliphatic carbocycles. The monoisotopic (exact) mass is 231 g/mol. The molecule has 0 radical (unpaired) electrons. The molecule has 0 saturated heterocycles. The van der Waals surface area contributed by atoms with Crippen molar-refractivity contribution < 1.29 is 14.5 Å². The fourth-order valence-corrected chi connectivity index (χ4v) is 1.08. The van der Waals surface area contributed by atoms with E-state index in [1.54, 1.807) is 7.05 Å². The minimum Gasteiger partial charge on any atom is -0.459 e. The Balaban J connectivity index is 0.00000106. The lowest BCUT2D eigenvalue weighted by molar-refractivity contribution is -0.444. The summed E-state index contributed by atoms with van der Waals surface area (Å²) in [6.07, 6.45) is 0.924. The molecule has 0 aromatic carbocycles. The highest BCUT2D eigenvalue weighted by molar-refractivity contribution is 5.65. The molecule has 0 spiro atoms. The van der Waals surface area contributed by atoms with E-state index in [2.05, 4.69) is 5.32 Å². The molecular weight excluding hydrogens is 214 g/mol. The second kappa shape index (κ2) is 6.65. The van der Waals surface area contributed by atoms with Crippen LogP contribution in [-0.4, -0.2) is 35.6 Å². The molecule has 1 rings (SSSR count). The number of rotatable bonds is 3. The van der Waals surface area contributed by atoms with Crippen LogP contribution < -0.4 is 5.32 Å². The van der Waals surface area contributed by atoms with Gasteiger partial charge in [-0.05, 0) is 4.92 Å². The van der Waals surface area contributed by atoms with Crippen LogP contribution in [0.5, 0.6) is 0 Å². The molecule has 1 atom stereocenters. The van der Waals surface area contributed by atoms with Crippen molar-refractivity contribution in [2.24, 2.45) is 0 Å². The van der Waals surface area contributed by atoms with Crippen LogP contribution >= 0.6 is 0 Å². The van der Waals surface area contributed by atoms with Gasteiger partial charge in [-0.15, -0.1) is 0 Å². The van der Waals surface area contributed by atoms with Gasteiger partial charge in [-0.1, -0.05) is 13.8 Å². The largest absolute Gasteiger partial charge is 0.459 e. The minimum atomic E-state index is -0.499. The van der Waals surface area contributed by atoms with Crippen molar-refractivity contribution in [3.63, 3.8) is 0 Å². The molecule has 7 heteroatoms. The van der Waals surface area contributed by atoms with E-state index in [-0.39, 0.29) is 18.6 Å². The number of hydrogen-bond acceptors (Lipinski definition) is 6. The molecule has 0 aromatic rings. The summed E-state index contributed by atoms with van der Waals surface area (Å²) in [7, 11) is 1.56. The van der Waals surface area contributed by atoms with Crippen molar-refractivity contribution in [3.8, 4) is 0 Å². The Kier molecular flexibility index (Phi) is 5.91. The van der Waals surface area contributed by atoms with E-state index < -0.39 is 10.9 Å². The van der Waals surface area contributed by atoms with Crippen molar-refractivity contribution >= 4 is 5.97 Å². The Hall–Kier alpha value is -1.79. The fourth-order valence-electron chi connectivity index (χ4n) is 1.08. The van der Waals surface area contributed by atoms with Gasteiger partial charge in [0.1, 0.15) is 0 Å². The van der Waals surface area contributed by atoms with Gasteiger partial charge in [0.05, 0.1) is 13.2 Å². The van der Waals surface area contributed by atoms with Crippen LogP contribution in [0.2, 0.25) is 0 Å². The quantitative estimate of drug-likeness (QED) is 0.433. The number of ether oxygens (including phenoxy) is 1. The summed E-state index contributed by atoms with van der Waals surface area (Å²) in [4.78, 5) is 21.9. The van der Waals surface area contributed by atoms with E-state index in [9.17, 15) is 14.9 Å². The van der Waals surface area contributed by atoms with Crippen LogP contribution in [0.1, 0.15) is 20.8 Å². The number of nitrogens with zero attached hydrogens (tertiary/aromatic N) is 2. The molecule has 1 aliphatic rings. The first-order valence-corrected chi connectivity index (χ1v) is 4.99. The van der Waals surface area contributed by atoms with Gasteiger partial charge in [0.15, 0.2) is 6.61 Å². The Labute approximate surface area is 94.2 Å². The van der Waals surface area contributed by atoms with Crippen molar-refractivity contribution in [2.45, 2.75) is 26.9 Å². The van der Waals surface area contributed by atoms with Crippen LogP contribution in [0.3, 0.4) is 0 Å². The molecule has 0 aromatic heterocycles. The Morgan fingerprint density at radius 3 is 2.62 bits per heavy atom. The van der Waals surface area contributed by atoms with E-state index in [1.165, 1.54) is 18.0 Å². The molecule has 1 heterocycles. The predicted molar refractivity (Wildman–Crippen MR) is 57.7 cm³/mol. The number of likely N-dealkylation sites (N-methyl/N-ethyl adjacent to an activating group) is 1. The third-order valence-corrected chi connectivity index (χ3v) is 1.87. The standard InChI is InChI=1S/C7H11N3O4.C2H6/c1-5(11)14-4-6-8-3-7(9(6)2)10(12)13;1-2/h3,6,8H,4H2,1-2H3;1-2H3. The molecule has 7 nitrogen and oxygen atoms in total. The molecule has 1 unspecified atom stereocenters. The Morgan fingerprint density at radius 2 is 2.25 bits per heavy atom. The third kappa shape index (κ3) is 3.76. The molecule has 1 aliphatic heterocycles. The predicted octanol–water partition coefficient (Wildman–Crippen LogP) is 0.512. The van der Waals surface area contributed by atoms with Crippen molar-refractivity contribution in [2.75, 3.05) is 13.7 Å². The zero-order valence-corrected chi connectivity index (χ0v) is 9.89. The van der Waals surface area contributed by atoms with Gasteiger partial charge in [0.2, 0.25) is 6.17 Å². The molecule has 1 N–H and O–H groups in total. The van der Waals surface area contributed by atoms with Crippen molar-refractivity contribution in [3.05, 3.63) is 22.1 Å². The lowest BCUT2D eigenvalue weighted by Crippen LogP contribution is -2.39. The van der Waals surface area contributed by atoms with E-state index in [0.29, 0.717) is 0 Å². The molecule has 0 saturated carbocycles. The van der Waals surface area contributed by atoms with Gasteiger partial charge in [0.25, 0.3) is 0 Å². The lowest BCUT2D eigenvalue weighted by Gasteiger charge is -2.16. The summed E-state index contributed by atoms with van der Waals surface area (Å²) in [5, 5.41) is 13.2. The summed E-state index contributed by atoms with van der Waals surface area (Å²) >= 11 is 0. The summed E-state index contributed by atoms with van der Waals surface area (Å²) in [5.74, 6) is -0.447. The van der Waals surface area contributed by atoms with Gasteiger partial charge in [-0.2, -0.15) is 0 Å². The maximum atomic E-state index is 10.5. The second-order valence-corrected chi connectivity index (χ2v) is 2.86. The minimum absolute atomic E-state index is 0.0397. The lowest BCUT2D eigenvalue weighted by atomic mass is 10.5. The summed E-state index contributed by atoms with van der Waals surface area (Å²) < 4.78 is 4.73. The van der Waals surface area contributed by atoms with Crippen LogP contribution in [0.4, 0.5) is 0 Å². The number of nitro groups is 1. The number of carbonyl (C=O) groups is 1. The van der Waals surface area contributed by atoms with E-state index in [0.717, 1.165) is 0 Å². The van der Waals surface area contributed by atoms with Crippen LogP contribution in [0, 0.1) is 10.1 Å². The Bertz CT molecular complexity index is 290. The van der Waals surface area contributed by atoms with Gasteiger partial charge in [-0.25, -0.2) is 4.90 Å². The van der Waals surface area contributed by atoms with E-state index in [1.807, 2.05) is 13.8 Å². The molecule has 16 heavy (non-hydrogen) atoms. The summed E-state index contributed by atoms with van der Waals surface area (Å²) in [6, 6.07) is 0. The maximum absolute atomic E-state index is 10.5. The maximum Gasteiger partial charge on any atom is 0.335 e. The second-order valence-electron chi connectivity index (χ2n) is 2.86. The highest BCUT2D eigenvalue weighted by Crippen LogP contribution is 2.11. The first-order chi connectivity index (χ1) is 7.52. The summed E-state index contributed by atoms with van der Waals surface area (Å²) in [6.45, 7) is 5.37. The third-order valence-electron chi connectivity index (χ3n) is 1.87. The summed E-state index contributed by atoms with van der Waals surface area (Å²) in [5.41, 5.74) is 0. The number of hydrogen-bond donors (Lipinski definition) is 1. The number of carbonyl (C=O) groups excluding carboxylic acids is 1. The van der Waals surface area contributed by atoms with Crippen LogP contribution in [0.25, 0.3) is 0 Å². The first kappa shape index (κ1) is 14.2. The SMILES string of the molecule is CC.CC(=O)OCC1NC=C([N+](=O)[O-])N1C. The highest BCUT2D eigenvalue weighted by Gasteiger charge is 2.32. The van der Waals surface area contributed by atoms with Crippen molar-refractivity contribution in [1.29, 1.82) is 0 Å². The van der Waals surface area contributed by atoms with Gasteiger partial charge in [0, 0.05) is 6.92 Å². The van der Waals surface area contributed by atoms with Crippen molar-refractivity contribution in [1.82, 2.24) is 10.2 Å². The zero-order chi connectivity index (χ0) is 12.7. The molecular formula is C9H17N3O4. The van der Waals surface area contributed by atoms with E-state index in [4.69, 9.17) is 4.74 Å². The number of nitrogens with one attached hydrogen (secondary N) is 1. The van der Waals surface area contributed by atoms with Gasteiger partial charge in [-0.3, -0.25) is 4.79 Å². The van der Waals surface area contributed by atoms with E-state index >= 15 is 0 Å². The molecule has 0 amide bonds. The van der Waals surface area contributed by atoms with Gasteiger partial charge >= 0.3 is 11.8 Å². The topological polar surface area (TPSA) is 84.7 Å². The van der Waals surface area contributed by atoms with Crippen LogP contribution in [-0.2, 0) is 9.53 Å². The Morgan fingerprint density at radius 1 is 1.69 bits per heavy atom. The first-order valence-electron chi connectivity index (χ1n) is 4.99. The zero-order valence-electron chi connectivity index (χ0n) is 9.89. The highest BCUT2D eigenvalue weighted by atomic mass is 16.6. The average molecular weight is 231 g/mol. The van der Waals surface area contributed by atoms with Crippen LogP contribution in [0.15, 0.2) is 12.0 Å². The molecule has 0 fully saturated rings. The van der Waals surface area contributed by atoms with Gasteiger partial charge < -0.3 is 20.2 Å². The molecule has 92 valence electrons. The average Bonchev–Trinajstić information content (AvgIpc) is 2.60. The molecule has 0 bridgehead atoms. The number of esters is 1. The smallest absolute Gasteiger partial charge is 0.335 e. The normalized spacial score (nSPS) is 17.9.